The molecule has 21 heavy (non-hydrogen) atoms. The van der Waals surface area contributed by atoms with Crippen molar-refractivity contribution < 1.29 is 4.79 Å². The van der Waals surface area contributed by atoms with Crippen molar-refractivity contribution in [2.75, 3.05) is 0 Å². The molecule has 1 amide bonds. The molecule has 0 aromatic rings. The van der Waals surface area contributed by atoms with Gasteiger partial charge >= 0.3 is 0 Å². The van der Waals surface area contributed by atoms with E-state index >= 15 is 0 Å². The zero-order chi connectivity index (χ0) is 14.7. The summed E-state index contributed by atoms with van der Waals surface area (Å²) in [5.74, 6) is 1.71. The van der Waals surface area contributed by atoms with Crippen LogP contribution in [0.4, 0.5) is 0 Å². The Bertz CT molecular complexity index is 335. The van der Waals surface area contributed by atoms with Gasteiger partial charge in [-0.1, -0.05) is 38.5 Å². The quantitative estimate of drug-likeness (QED) is 0.783. The third-order valence-electron chi connectivity index (χ3n) is 6.16. The molecule has 1 saturated heterocycles. The second-order valence-corrected chi connectivity index (χ2v) is 7.65. The van der Waals surface area contributed by atoms with Gasteiger partial charge in [-0.15, -0.1) is 0 Å². The molecule has 3 rings (SSSR count). The fourth-order valence-electron chi connectivity index (χ4n) is 4.77. The minimum atomic E-state index is 0.0753. The Morgan fingerprint density at radius 3 is 2.38 bits per heavy atom. The van der Waals surface area contributed by atoms with Crippen LogP contribution in [0.3, 0.4) is 0 Å². The highest BCUT2D eigenvalue weighted by Crippen LogP contribution is 2.33. The third-order valence-corrected chi connectivity index (χ3v) is 6.16. The number of hydrogen-bond donors (Lipinski definition) is 2. The van der Waals surface area contributed by atoms with Crippen LogP contribution < -0.4 is 10.6 Å². The van der Waals surface area contributed by atoms with Crippen LogP contribution in [0.1, 0.15) is 77.6 Å². The SMILES string of the molecule is C[C@H](NC(=O)C1CC2CCCCC2N1)C1CCCCCC1. The van der Waals surface area contributed by atoms with E-state index in [1.54, 1.807) is 0 Å². The van der Waals surface area contributed by atoms with Crippen LogP contribution in [0, 0.1) is 11.8 Å². The average molecular weight is 292 g/mol. The zero-order valence-electron chi connectivity index (χ0n) is 13.6. The predicted octanol–water partition coefficient (Wildman–Crippen LogP) is 3.38. The Balaban J connectivity index is 1.49. The number of amides is 1. The summed E-state index contributed by atoms with van der Waals surface area (Å²) >= 11 is 0. The van der Waals surface area contributed by atoms with Crippen molar-refractivity contribution in [1.29, 1.82) is 0 Å². The molecule has 3 fully saturated rings. The van der Waals surface area contributed by atoms with Crippen LogP contribution in [-0.4, -0.2) is 24.0 Å². The molecule has 0 radical (unpaired) electrons. The number of carbonyl (C=O) groups excluding carboxylic acids is 1. The van der Waals surface area contributed by atoms with E-state index < -0.39 is 0 Å². The number of hydrogen-bond acceptors (Lipinski definition) is 2. The molecular weight excluding hydrogens is 260 g/mol. The van der Waals surface area contributed by atoms with Crippen molar-refractivity contribution in [2.24, 2.45) is 11.8 Å². The second kappa shape index (κ2) is 7.13. The molecule has 120 valence electrons. The number of rotatable bonds is 3. The van der Waals surface area contributed by atoms with Gasteiger partial charge in [-0.05, 0) is 50.9 Å². The standard InChI is InChI=1S/C18H32N2O/c1-13(14-8-4-2-3-5-9-14)19-18(21)17-12-15-10-6-7-11-16(15)20-17/h13-17,20H,2-12H2,1H3,(H,19,21)/t13-,15?,16?,17?/m0/s1. The van der Waals surface area contributed by atoms with Crippen molar-refractivity contribution in [3.8, 4) is 0 Å². The molecule has 4 atom stereocenters. The van der Waals surface area contributed by atoms with Crippen molar-refractivity contribution in [1.82, 2.24) is 10.6 Å². The topological polar surface area (TPSA) is 41.1 Å². The lowest BCUT2D eigenvalue weighted by atomic mass is 9.85. The number of fused-ring (bicyclic) bond motifs is 1. The van der Waals surface area contributed by atoms with E-state index in [4.69, 9.17) is 0 Å². The molecule has 1 heterocycles. The van der Waals surface area contributed by atoms with E-state index in [-0.39, 0.29) is 11.9 Å². The van der Waals surface area contributed by atoms with Crippen LogP contribution in [0.25, 0.3) is 0 Å². The normalized spacial score (nSPS) is 35.8. The summed E-state index contributed by atoms with van der Waals surface area (Å²) in [5, 5.41) is 6.93. The maximum absolute atomic E-state index is 12.6. The lowest BCUT2D eigenvalue weighted by Crippen LogP contribution is -2.47. The van der Waals surface area contributed by atoms with E-state index in [0.29, 0.717) is 18.0 Å². The number of nitrogens with one attached hydrogen (secondary N) is 2. The molecule has 1 aliphatic heterocycles. The molecule has 0 spiro atoms. The van der Waals surface area contributed by atoms with Gasteiger partial charge in [0.15, 0.2) is 0 Å². The Hall–Kier alpha value is -0.570. The highest BCUT2D eigenvalue weighted by atomic mass is 16.2. The van der Waals surface area contributed by atoms with Crippen LogP contribution in [0.2, 0.25) is 0 Å². The fraction of sp³-hybridized carbons (Fsp3) is 0.944. The van der Waals surface area contributed by atoms with Crippen LogP contribution >= 0.6 is 0 Å². The lowest BCUT2D eigenvalue weighted by molar-refractivity contribution is -0.123. The lowest BCUT2D eigenvalue weighted by Gasteiger charge is -2.25. The van der Waals surface area contributed by atoms with E-state index in [1.807, 2.05) is 0 Å². The summed E-state index contributed by atoms with van der Waals surface area (Å²) in [7, 11) is 0. The number of carbonyl (C=O) groups is 1. The zero-order valence-corrected chi connectivity index (χ0v) is 13.6. The molecular formula is C18H32N2O. The summed E-state index contributed by atoms with van der Waals surface area (Å²) in [6.45, 7) is 2.22. The van der Waals surface area contributed by atoms with Crippen LogP contribution in [-0.2, 0) is 4.79 Å². The predicted molar refractivity (Wildman–Crippen MR) is 86.1 cm³/mol. The van der Waals surface area contributed by atoms with Crippen LogP contribution in [0.15, 0.2) is 0 Å². The maximum atomic E-state index is 12.6. The second-order valence-electron chi connectivity index (χ2n) is 7.65. The highest BCUT2D eigenvalue weighted by molar-refractivity contribution is 5.82. The first-order valence-corrected chi connectivity index (χ1v) is 9.30. The summed E-state index contributed by atoms with van der Waals surface area (Å²) in [4.78, 5) is 12.6. The van der Waals surface area contributed by atoms with Gasteiger partial charge in [-0.3, -0.25) is 4.79 Å². The molecule has 3 heteroatoms. The van der Waals surface area contributed by atoms with Gasteiger partial charge in [0.25, 0.3) is 0 Å². The van der Waals surface area contributed by atoms with Crippen LogP contribution in [0.5, 0.6) is 0 Å². The van der Waals surface area contributed by atoms with E-state index in [9.17, 15) is 4.79 Å². The summed E-state index contributed by atoms with van der Waals surface area (Å²) < 4.78 is 0. The Labute approximate surface area is 129 Å². The maximum Gasteiger partial charge on any atom is 0.237 e. The molecule has 2 aliphatic carbocycles. The molecule has 0 bridgehead atoms. The van der Waals surface area contributed by atoms with Crippen molar-refractivity contribution in [2.45, 2.75) is 95.7 Å². The minimum Gasteiger partial charge on any atom is -0.352 e. The van der Waals surface area contributed by atoms with Gasteiger partial charge in [-0.2, -0.15) is 0 Å². The Morgan fingerprint density at radius 1 is 1.00 bits per heavy atom. The first-order valence-electron chi connectivity index (χ1n) is 9.30. The smallest absolute Gasteiger partial charge is 0.237 e. The summed E-state index contributed by atoms with van der Waals surface area (Å²) in [6, 6.07) is 1.04. The Morgan fingerprint density at radius 2 is 1.67 bits per heavy atom. The molecule has 3 unspecified atom stereocenters. The highest BCUT2D eigenvalue weighted by Gasteiger charge is 2.38. The van der Waals surface area contributed by atoms with Gasteiger partial charge in [0.1, 0.15) is 0 Å². The molecule has 0 aromatic carbocycles. The first-order chi connectivity index (χ1) is 10.2. The largest absolute Gasteiger partial charge is 0.352 e. The van der Waals surface area contributed by atoms with Crippen molar-refractivity contribution in [3.63, 3.8) is 0 Å². The fourth-order valence-corrected chi connectivity index (χ4v) is 4.77. The van der Waals surface area contributed by atoms with Gasteiger partial charge in [0.2, 0.25) is 5.91 Å². The van der Waals surface area contributed by atoms with E-state index in [1.165, 1.54) is 64.2 Å². The Kier molecular flexibility index (Phi) is 5.20. The summed E-state index contributed by atoms with van der Waals surface area (Å²) in [5.41, 5.74) is 0. The summed E-state index contributed by atoms with van der Waals surface area (Å²) in [6.07, 6.45) is 14.4. The average Bonchev–Trinajstić information content (AvgIpc) is 2.73. The monoisotopic (exact) mass is 292 g/mol. The molecule has 2 N–H and O–H groups in total. The van der Waals surface area contributed by atoms with E-state index in [2.05, 4.69) is 17.6 Å². The van der Waals surface area contributed by atoms with Crippen molar-refractivity contribution >= 4 is 5.91 Å². The molecule has 3 aliphatic rings. The van der Waals surface area contributed by atoms with E-state index in [0.717, 1.165) is 12.3 Å². The molecule has 2 saturated carbocycles. The van der Waals surface area contributed by atoms with Crippen molar-refractivity contribution in [3.05, 3.63) is 0 Å². The first kappa shape index (κ1) is 15.3. The molecule has 0 aromatic heterocycles. The van der Waals surface area contributed by atoms with Gasteiger partial charge < -0.3 is 10.6 Å². The third kappa shape index (κ3) is 3.80. The van der Waals surface area contributed by atoms with Gasteiger partial charge in [0, 0.05) is 12.1 Å². The molecule has 3 nitrogen and oxygen atoms in total. The van der Waals surface area contributed by atoms with Gasteiger partial charge in [0.05, 0.1) is 6.04 Å². The van der Waals surface area contributed by atoms with Gasteiger partial charge in [-0.25, -0.2) is 0 Å². The minimum absolute atomic E-state index is 0.0753.